The minimum Gasteiger partial charge on any atom is -0.481 e. The van der Waals surface area contributed by atoms with Crippen molar-refractivity contribution in [2.75, 3.05) is 0 Å². The van der Waals surface area contributed by atoms with Crippen LogP contribution in [-0.4, -0.2) is 39.1 Å². The van der Waals surface area contributed by atoms with Gasteiger partial charge in [-0.3, -0.25) is 9.59 Å². The van der Waals surface area contributed by atoms with Gasteiger partial charge in [0.2, 0.25) is 5.91 Å². The number of allylic oxidation sites excluding steroid dienone is 4. The predicted molar refractivity (Wildman–Crippen MR) is 122 cm³/mol. The zero-order chi connectivity index (χ0) is 22.5. The summed E-state index contributed by atoms with van der Waals surface area (Å²) < 4.78 is 0. The molecule has 5 unspecified atom stereocenters. The summed E-state index contributed by atoms with van der Waals surface area (Å²) in [7, 11) is 0. The van der Waals surface area contributed by atoms with E-state index in [2.05, 4.69) is 0 Å². The van der Waals surface area contributed by atoms with Gasteiger partial charge < -0.3 is 15.1 Å². The lowest BCUT2D eigenvalue weighted by molar-refractivity contribution is -0.154. The number of carboxylic acid groups (broad SMARTS) is 1. The van der Waals surface area contributed by atoms with Crippen LogP contribution in [0.2, 0.25) is 5.02 Å². The smallest absolute Gasteiger partial charge is 0.304 e. The second-order valence-corrected chi connectivity index (χ2v) is 9.35. The van der Waals surface area contributed by atoms with Crippen LogP contribution in [0.4, 0.5) is 0 Å². The Hall–Kier alpha value is -1.82. The van der Waals surface area contributed by atoms with E-state index in [1.165, 1.54) is 0 Å². The van der Waals surface area contributed by atoms with Crippen molar-refractivity contribution in [3.8, 4) is 0 Å². The number of hydrogen-bond acceptors (Lipinski definition) is 3. The predicted octanol–water partition coefficient (Wildman–Crippen LogP) is 5.32. The van der Waals surface area contributed by atoms with Crippen molar-refractivity contribution in [3.05, 3.63) is 58.1 Å². The summed E-state index contributed by atoms with van der Waals surface area (Å²) in [5, 5.41) is 20.8. The minimum atomic E-state index is -0.976. The molecule has 1 saturated heterocycles. The second kappa shape index (κ2) is 10.7. The van der Waals surface area contributed by atoms with Gasteiger partial charge in [-0.2, -0.15) is 0 Å². The van der Waals surface area contributed by atoms with Gasteiger partial charge in [0.15, 0.2) is 0 Å². The quantitative estimate of drug-likeness (QED) is 0.533. The number of halogens is 2. The van der Waals surface area contributed by atoms with Crippen molar-refractivity contribution in [1.82, 2.24) is 4.90 Å². The van der Waals surface area contributed by atoms with Crippen LogP contribution in [-0.2, 0) is 9.59 Å². The number of aliphatic hydroxyl groups excluding tert-OH is 1. The van der Waals surface area contributed by atoms with Gasteiger partial charge in [0.05, 0.1) is 18.6 Å². The highest BCUT2D eigenvalue weighted by molar-refractivity contribution is 6.31. The van der Waals surface area contributed by atoms with E-state index in [1.54, 1.807) is 0 Å². The maximum Gasteiger partial charge on any atom is 0.304 e. The fourth-order valence-electron chi connectivity index (χ4n) is 4.95. The van der Waals surface area contributed by atoms with E-state index in [9.17, 15) is 19.8 Å². The maximum atomic E-state index is 13.5. The molecular formula is C24H29Cl2NO4. The number of carbonyl (C=O) groups is 2. The molecule has 1 aliphatic heterocycles. The number of amides is 1. The van der Waals surface area contributed by atoms with Gasteiger partial charge in [0.1, 0.15) is 0 Å². The van der Waals surface area contributed by atoms with Crippen molar-refractivity contribution in [3.63, 3.8) is 0 Å². The highest BCUT2D eigenvalue weighted by atomic mass is 35.5. The molecule has 5 nitrogen and oxygen atoms in total. The molecule has 1 saturated carbocycles. The number of hydrogen-bond donors (Lipinski definition) is 2. The first-order valence-corrected chi connectivity index (χ1v) is 11.5. The van der Waals surface area contributed by atoms with Crippen LogP contribution in [0.15, 0.2) is 47.5 Å². The molecule has 1 aliphatic carbocycles. The molecule has 7 heteroatoms. The highest BCUT2D eigenvalue weighted by Gasteiger charge is 2.46. The molecule has 2 fully saturated rings. The fourth-order valence-corrected chi connectivity index (χ4v) is 5.30. The number of piperidine rings is 1. The Morgan fingerprint density at radius 2 is 1.94 bits per heavy atom. The highest BCUT2D eigenvalue weighted by Crippen LogP contribution is 2.45. The molecule has 31 heavy (non-hydrogen) atoms. The molecule has 2 N–H and O–H groups in total. The van der Waals surface area contributed by atoms with Crippen molar-refractivity contribution in [2.45, 2.75) is 63.6 Å². The average Bonchev–Trinajstić information content (AvgIpc) is 3.14. The Bertz CT molecular complexity index is 852. The number of carboxylic acids is 1. The number of rotatable bonds is 7. The van der Waals surface area contributed by atoms with Crippen LogP contribution >= 0.6 is 23.2 Å². The molecule has 5 atom stereocenters. The summed E-state index contributed by atoms with van der Waals surface area (Å²) in [4.78, 5) is 26.8. The van der Waals surface area contributed by atoms with Gasteiger partial charge in [-0.25, -0.2) is 0 Å². The maximum absolute atomic E-state index is 13.5. The van der Waals surface area contributed by atoms with Gasteiger partial charge in [-0.15, -0.1) is 0 Å². The van der Waals surface area contributed by atoms with Gasteiger partial charge in [0.25, 0.3) is 0 Å². The van der Waals surface area contributed by atoms with Crippen LogP contribution < -0.4 is 0 Å². The van der Waals surface area contributed by atoms with Gasteiger partial charge in [0, 0.05) is 22.0 Å². The number of carbonyl (C=O) groups excluding carboxylic acids is 1. The van der Waals surface area contributed by atoms with Crippen LogP contribution in [0.5, 0.6) is 0 Å². The summed E-state index contributed by atoms with van der Waals surface area (Å²) in [6.07, 6.45) is 7.93. The van der Waals surface area contributed by atoms with Gasteiger partial charge >= 0.3 is 5.97 Å². The number of benzene rings is 1. The molecule has 0 bridgehead atoms. The molecule has 0 spiro atoms. The molecule has 0 radical (unpaired) electrons. The van der Waals surface area contributed by atoms with E-state index in [4.69, 9.17) is 23.2 Å². The van der Waals surface area contributed by atoms with Crippen LogP contribution in [0.1, 0.15) is 57.1 Å². The summed E-state index contributed by atoms with van der Waals surface area (Å²) in [6.45, 7) is 1.89. The first-order valence-electron chi connectivity index (χ1n) is 10.8. The first-order chi connectivity index (χ1) is 14.8. The van der Waals surface area contributed by atoms with Crippen molar-refractivity contribution < 1.29 is 19.8 Å². The minimum absolute atomic E-state index is 0.0000236. The van der Waals surface area contributed by atoms with E-state index < -0.39 is 18.0 Å². The van der Waals surface area contributed by atoms with Gasteiger partial charge in [-0.1, -0.05) is 47.5 Å². The summed E-state index contributed by atoms with van der Waals surface area (Å²) in [5.41, 5.74) is 0.966. The summed E-state index contributed by atoms with van der Waals surface area (Å²) in [5.74, 6) is -1.70. The number of nitrogens with zero attached hydrogens (tertiary/aromatic N) is 1. The molecule has 1 aromatic rings. The van der Waals surface area contributed by atoms with Gasteiger partial charge in [-0.05, 0) is 68.7 Å². The molecule has 0 aromatic heterocycles. The van der Waals surface area contributed by atoms with Crippen LogP contribution in [0.3, 0.4) is 0 Å². The Balaban J connectivity index is 2.02. The molecular weight excluding hydrogens is 437 g/mol. The SMILES string of the molecule is CC=CC(Cl)=CCC1CC(CC(=O)O)C(=O)N(C2CCC(O)C2)C1c1ccc(Cl)cc1. The Kier molecular flexibility index (Phi) is 8.20. The largest absolute Gasteiger partial charge is 0.481 e. The average molecular weight is 466 g/mol. The zero-order valence-corrected chi connectivity index (χ0v) is 19.1. The third-order valence-corrected chi connectivity index (χ3v) is 6.81. The zero-order valence-electron chi connectivity index (χ0n) is 17.6. The standard InChI is InChI=1S/C24H29Cl2NO4/c1-2-3-18(25)9-6-16-12-17(13-22(29)30)24(31)27(20-10-11-21(28)14-20)23(16)15-4-7-19(26)8-5-15/h2-5,7-9,16-17,20-21,23,28H,6,10-14H2,1H3,(H,29,30). The normalized spacial score (nSPS) is 29.7. The third-order valence-electron chi connectivity index (χ3n) is 6.28. The Morgan fingerprint density at radius 1 is 1.23 bits per heavy atom. The van der Waals surface area contributed by atoms with E-state index >= 15 is 0 Å². The number of aliphatic carboxylic acids is 1. The number of aliphatic hydroxyl groups is 1. The summed E-state index contributed by atoms with van der Waals surface area (Å²) >= 11 is 12.4. The molecule has 168 valence electrons. The molecule has 1 heterocycles. The first kappa shape index (κ1) is 23.8. The van der Waals surface area contributed by atoms with Crippen molar-refractivity contribution in [2.24, 2.45) is 11.8 Å². The topological polar surface area (TPSA) is 77.8 Å². The van der Waals surface area contributed by atoms with Crippen molar-refractivity contribution >= 4 is 35.1 Å². The van der Waals surface area contributed by atoms with Crippen LogP contribution in [0, 0.1) is 11.8 Å². The van der Waals surface area contributed by atoms with Crippen molar-refractivity contribution in [1.29, 1.82) is 0 Å². The number of likely N-dealkylation sites (tertiary alicyclic amines) is 1. The lowest BCUT2D eigenvalue weighted by Gasteiger charge is -2.47. The molecule has 1 amide bonds. The molecule has 3 rings (SSSR count). The lowest BCUT2D eigenvalue weighted by atomic mass is 9.76. The Morgan fingerprint density at radius 3 is 2.52 bits per heavy atom. The monoisotopic (exact) mass is 465 g/mol. The van der Waals surface area contributed by atoms with E-state index in [1.807, 2.05) is 54.3 Å². The van der Waals surface area contributed by atoms with E-state index in [0.29, 0.717) is 42.2 Å². The Labute approximate surface area is 193 Å². The second-order valence-electron chi connectivity index (χ2n) is 8.48. The van der Waals surface area contributed by atoms with E-state index in [-0.39, 0.29) is 30.3 Å². The summed E-state index contributed by atoms with van der Waals surface area (Å²) in [6, 6.07) is 7.15. The fraction of sp³-hybridized carbons (Fsp3) is 0.500. The third kappa shape index (κ3) is 5.91. The molecule has 2 aliphatic rings. The van der Waals surface area contributed by atoms with Crippen LogP contribution in [0.25, 0.3) is 0 Å². The lowest BCUT2D eigenvalue weighted by Crippen LogP contribution is -2.52. The van der Waals surface area contributed by atoms with E-state index in [0.717, 1.165) is 5.56 Å². The molecule has 1 aromatic carbocycles.